The van der Waals surface area contributed by atoms with Crippen LogP contribution in [0.15, 0.2) is 12.4 Å². The summed E-state index contributed by atoms with van der Waals surface area (Å²) in [6, 6.07) is 0. The van der Waals surface area contributed by atoms with Gasteiger partial charge in [0.25, 0.3) is 0 Å². The molecule has 6 heteroatoms. The van der Waals surface area contributed by atoms with Crippen LogP contribution in [0.5, 0.6) is 0 Å². The summed E-state index contributed by atoms with van der Waals surface area (Å²) in [5.41, 5.74) is -0.266. The number of aromatic nitrogens is 2. The van der Waals surface area contributed by atoms with Crippen LogP contribution in [0.25, 0.3) is 0 Å². The van der Waals surface area contributed by atoms with Gasteiger partial charge >= 0.3 is 0 Å². The Balaban J connectivity index is 1.98. The van der Waals surface area contributed by atoms with Gasteiger partial charge in [0.2, 0.25) is 0 Å². The van der Waals surface area contributed by atoms with E-state index >= 15 is 0 Å². The summed E-state index contributed by atoms with van der Waals surface area (Å²) in [6.45, 7) is 0. The lowest BCUT2D eigenvalue weighted by Gasteiger charge is -2.35. The highest BCUT2D eigenvalue weighted by Crippen LogP contribution is 2.47. The van der Waals surface area contributed by atoms with Crippen molar-refractivity contribution in [2.45, 2.75) is 41.8 Å². The Morgan fingerprint density at radius 3 is 2.47 bits per heavy atom. The number of nitrogens with zero attached hydrogens (tertiary/aromatic N) is 2. The molecule has 2 bridgehead atoms. The molecule has 17 heavy (non-hydrogen) atoms. The van der Waals surface area contributed by atoms with Gasteiger partial charge in [0, 0.05) is 18.8 Å². The molecule has 2 aliphatic heterocycles. The first-order valence-corrected chi connectivity index (χ1v) is 7.47. The smallest absolute Gasteiger partial charge is 0.156 e. The predicted octanol–water partition coefficient (Wildman–Crippen LogP) is 0.347. The standard InChI is InChI=1S/C11H16N2O3S/c1-13-7-8(6-12-13)11(14)4-9-2-3-10(5-11)17(9,15)16/h6-7,9-10,14H,2-5H2,1H3. The van der Waals surface area contributed by atoms with Crippen LogP contribution in [0.4, 0.5) is 0 Å². The van der Waals surface area contributed by atoms with Crippen molar-refractivity contribution in [1.29, 1.82) is 0 Å². The lowest BCUT2D eigenvalue weighted by molar-refractivity contribution is 0.0172. The second-order valence-electron chi connectivity index (χ2n) is 5.25. The molecule has 0 radical (unpaired) electrons. The van der Waals surface area contributed by atoms with Crippen molar-refractivity contribution in [3.05, 3.63) is 18.0 Å². The van der Waals surface area contributed by atoms with E-state index in [4.69, 9.17) is 0 Å². The highest BCUT2D eigenvalue weighted by molar-refractivity contribution is 7.93. The van der Waals surface area contributed by atoms with Crippen molar-refractivity contribution in [1.82, 2.24) is 9.78 Å². The fraction of sp³-hybridized carbons (Fsp3) is 0.727. The van der Waals surface area contributed by atoms with Crippen LogP contribution in [0, 0.1) is 0 Å². The van der Waals surface area contributed by atoms with Gasteiger partial charge in [-0.2, -0.15) is 5.10 Å². The minimum Gasteiger partial charge on any atom is -0.385 e. The van der Waals surface area contributed by atoms with Gasteiger partial charge in [0.05, 0.1) is 22.3 Å². The van der Waals surface area contributed by atoms with E-state index in [1.165, 1.54) is 0 Å². The molecular formula is C11H16N2O3S. The van der Waals surface area contributed by atoms with E-state index < -0.39 is 15.4 Å². The lowest BCUT2D eigenvalue weighted by Crippen LogP contribution is -2.42. The third kappa shape index (κ3) is 1.54. The molecule has 1 aromatic rings. The molecular weight excluding hydrogens is 240 g/mol. The van der Waals surface area contributed by atoms with Crippen LogP contribution in [-0.4, -0.2) is 33.8 Å². The van der Waals surface area contributed by atoms with E-state index in [0.29, 0.717) is 25.7 Å². The fourth-order valence-electron chi connectivity index (χ4n) is 3.14. The molecule has 94 valence electrons. The van der Waals surface area contributed by atoms with E-state index in [1.54, 1.807) is 24.1 Å². The van der Waals surface area contributed by atoms with Crippen molar-refractivity contribution in [2.75, 3.05) is 0 Å². The van der Waals surface area contributed by atoms with Crippen molar-refractivity contribution in [3.8, 4) is 0 Å². The lowest BCUT2D eigenvalue weighted by atomic mass is 9.88. The summed E-state index contributed by atoms with van der Waals surface area (Å²) in [5, 5.41) is 14.0. The molecule has 2 saturated heterocycles. The minimum atomic E-state index is -2.99. The molecule has 5 nitrogen and oxygen atoms in total. The minimum absolute atomic E-state index is 0.317. The largest absolute Gasteiger partial charge is 0.385 e. The monoisotopic (exact) mass is 256 g/mol. The quantitative estimate of drug-likeness (QED) is 0.787. The Bertz CT molecular complexity index is 529. The zero-order chi connectivity index (χ0) is 12.3. The second kappa shape index (κ2) is 3.32. The van der Waals surface area contributed by atoms with Gasteiger partial charge in [-0.25, -0.2) is 8.42 Å². The van der Waals surface area contributed by atoms with Crippen molar-refractivity contribution in [3.63, 3.8) is 0 Å². The van der Waals surface area contributed by atoms with E-state index in [2.05, 4.69) is 5.10 Å². The first-order chi connectivity index (χ1) is 7.92. The Morgan fingerprint density at radius 2 is 2.00 bits per heavy atom. The van der Waals surface area contributed by atoms with Crippen molar-refractivity contribution < 1.29 is 13.5 Å². The van der Waals surface area contributed by atoms with Gasteiger partial charge in [0.15, 0.2) is 9.84 Å². The molecule has 2 atom stereocenters. The molecule has 0 spiro atoms. The topological polar surface area (TPSA) is 72.2 Å². The molecule has 2 unspecified atom stereocenters. The van der Waals surface area contributed by atoms with Crippen LogP contribution in [0.2, 0.25) is 0 Å². The van der Waals surface area contributed by atoms with Crippen LogP contribution in [0.1, 0.15) is 31.2 Å². The van der Waals surface area contributed by atoms with Crippen LogP contribution in [0.3, 0.4) is 0 Å². The van der Waals surface area contributed by atoms with Crippen LogP contribution in [-0.2, 0) is 22.5 Å². The number of hydrogen-bond acceptors (Lipinski definition) is 4. The zero-order valence-corrected chi connectivity index (χ0v) is 10.5. The Labute approximate surface area is 100 Å². The summed E-state index contributed by atoms with van der Waals surface area (Å²) < 4.78 is 25.6. The molecule has 0 aromatic carbocycles. The van der Waals surface area contributed by atoms with Gasteiger partial charge in [-0.3, -0.25) is 4.68 Å². The number of aliphatic hydroxyl groups is 1. The molecule has 1 N–H and O–H groups in total. The molecule has 0 aliphatic carbocycles. The van der Waals surface area contributed by atoms with Gasteiger partial charge in [0.1, 0.15) is 0 Å². The number of hydrogen-bond donors (Lipinski definition) is 1. The highest BCUT2D eigenvalue weighted by atomic mass is 32.2. The second-order valence-corrected chi connectivity index (χ2v) is 7.76. The zero-order valence-electron chi connectivity index (χ0n) is 9.70. The molecule has 3 rings (SSSR count). The van der Waals surface area contributed by atoms with Gasteiger partial charge in [-0.15, -0.1) is 0 Å². The average Bonchev–Trinajstić information content (AvgIpc) is 2.70. The number of sulfone groups is 1. The SMILES string of the molecule is Cn1cc(C2(O)CC3CCC(C2)S3(=O)=O)cn1. The molecule has 1 aromatic heterocycles. The maximum atomic E-state index is 12.0. The molecule has 2 aliphatic rings. The Kier molecular flexibility index (Phi) is 2.19. The third-order valence-corrected chi connectivity index (χ3v) is 6.78. The number of aryl methyl sites for hydroxylation is 1. The van der Waals surface area contributed by atoms with E-state index in [-0.39, 0.29) is 10.5 Å². The third-order valence-electron chi connectivity index (χ3n) is 4.11. The Hall–Kier alpha value is -0.880. The summed E-state index contributed by atoms with van der Waals surface area (Å²) >= 11 is 0. The normalized spacial score (nSPS) is 39.4. The fourth-order valence-corrected chi connectivity index (χ4v) is 5.63. The maximum Gasteiger partial charge on any atom is 0.156 e. The van der Waals surface area contributed by atoms with Crippen molar-refractivity contribution >= 4 is 9.84 Å². The van der Waals surface area contributed by atoms with Gasteiger partial charge < -0.3 is 5.11 Å². The first-order valence-electron chi connectivity index (χ1n) is 5.86. The first kappa shape index (κ1) is 11.2. The van der Waals surface area contributed by atoms with E-state index in [0.717, 1.165) is 5.56 Å². The number of fused-ring (bicyclic) bond motifs is 2. The Morgan fingerprint density at radius 1 is 1.41 bits per heavy atom. The summed E-state index contributed by atoms with van der Waals surface area (Å²) in [6.07, 6.45) is 5.43. The molecule has 2 fully saturated rings. The summed E-state index contributed by atoms with van der Waals surface area (Å²) in [5.74, 6) is 0. The van der Waals surface area contributed by atoms with E-state index in [9.17, 15) is 13.5 Å². The maximum absolute atomic E-state index is 12.0. The summed E-state index contributed by atoms with van der Waals surface area (Å²) in [4.78, 5) is 0. The highest BCUT2D eigenvalue weighted by Gasteiger charge is 2.53. The molecule has 3 heterocycles. The van der Waals surface area contributed by atoms with Gasteiger partial charge in [-0.1, -0.05) is 0 Å². The summed E-state index contributed by atoms with van der Waals surface area (Å²) in [7, 11) is -1.20. The van der Waals surface area contributed by atoms with Crippen LogP contribution < -0.4 is 0 Å². The van der Waals surface area contributed by atoms with Gasteiger partial charge in [-0.05, 0) is 25.7 Å². The van der Waals surface area contributed by atoms with Crippen molar-refractivity contribution in [2.24, 2.45) is 7.05 Å². The average molecular weight is 256 g/mol. The predicted molar refractivity (Wildman–Crippen MR) is 62.1 cm³/mol. The molecule has 0 saturated carbocycles. The van der Waals surface area contributed by atoms with E-state index in [1.807, 2.05) is 0 Å². The number of rotatable bonds is 1. The van der Waals surface area contributed by atoms with Crippen LogP contribution >= 0.6 is 0 Å². The molecule has 0 amide bonds.